The van der Waals surface area contributed by atoms with Gasteiger partial charge in [-0.3, -0.25) is 4.90 Å². The zero-order chi connectivity index (χ0) is 15.5. The zero-order valence-corrected chi connectivity index (χ0v) is 12.9. The number of nitrogens with zero attached hydrogens (tertiary/aromatic N) is 3. The van der Waals surface area contributed by atoms with E-state index in [4.69, 9.17) is 11.6 Å². The van der Waals surface area contributed by atoms with Gasteiger partial charge in [-0.1, -0.05) is 17.7 Å². The van der Waals surface area contributed by atoms with E-state index in [2.05, 4.69) is 20.6 Å². The second-order valence-corrected chi connectivity index (χ2v) is 5.42. The molecule has 7 heteroatoms. The summed E-state index contributed by atoms with van der Waals surface area (Å²) in [6.07, 6.45) is 0.935. The van der Waals surface area contributed by atoms with Gasteiger partial charge in [-0.2, -0.15) is 0 Å². The zero-order valence-electron chi connectivity index (χ0n) is 12.1. The highest BCUT2D eigenvalue weighted by atomic mass is 35.5. The predicted octanol–water partition coefficient (Wildman–Crippen LogP) is 3.10. The van der Waals surface area contributed by atoms with Crippen molar-refractivity contribution < 1.29 is 4.79 Å². The standard InChI is InChI=1S/C15H16ClN5O/c1-10-18-13(16)9-14(19-10)20-11-4-2-5-12(8-11)21-7-3-6-17-15(21)22/h2,4-5,8-9H,3,6-7H2,1H3,(H,17,22)(H,18,19,20). The Morgan fingerprint density at radius 2 is 2.18 bits per heavy atom. The van der Waals surface area contributed by atoms with Crippen LogP contribution in [0.3, 0.4) is 0 Å². The van der Waals surface area contributed by atoms with Gasteiger partial charge in [-0.05, 0) is 31.5 Å². The number of hydrogen-bond donors (Lipinski definition) is 2. The molecule has 2 amide bonds. The number of nitrogens with one attached hydrogen (secondary N) is 2. The molecule has 22 heavy (non-hydrogen) atoms. The highest BCUT2D eigenvalue weighted by molar-refractivity contribution is 6.29. The molecule has 1 fully saturated rings. The van der Waals surface area contributed by atoms with Crippen molar-refractivity contribution in [2.45, 2.75) is 13.3 Å². The Hall–Kier alpha value is -2.34. The van der Waals surface area contributed by atoms with E-state index in [1.807, 2.05) is 24.3 Å². The van der Waals surface area contributed by atoms with Gasteiger partial charge in [-0.25, -0.2) is 14.8 Å². The van der Waals surface area contributed by atoms with Gasteiger partial charge in [0, 0.05) is 30.5 Å². The molecule has 0 atom stereocenters. The first kappa shape index (κ1) is 14.6. The fourth-order valence-electron chi connectivity index (χ4n) is 2.37. The Bertz CT molecular complexity index is 686. The van der Waals surface area contributed by atoms with E-state index in [-0.39, 0.29) is 6.03 Å². The third-order valence-electron chi connectivity index (χ3n) is 3.32. The van der Waals surface area contributed by atoms with Crippen molar-refractivity contribution in [3.63, 3.8) is 0 Å². The van der Waals surface area contributed by atoms with Crippen LogP contribution in [0.2, 0.25) is 5.15 Å². The van der Waals surface area contributed by atoms with Crippen LogP contribution in [0.15, 0.2) is 30.3 Å². The van der Waals surface area contributed by atoms with Crippen LogP contribution in [-0.4, -0.2) is 29.1 Å². The van der Waals surface area contributed by atoms with Crippen LogP contribution in [0.1, 0.15) is 12.2 Å². The summed E-state index contributed by atoms with van der Waals surface area (Å²) >= 11 is 5.94. The number of amides is 2. The first-order valence-electron chi connectivity index (χ1n) is 7.05. The molecule has 1 aromatic carbocycles. The highest BCUT2D eigenvalue weighted by Crippen LogP contribution is 2.24. The van der Waals surface area contributed by atoms with Crippen LogP contribution in [0.5, 0.6) is 0 Å². The topological polar surface area (TPSA) is 70.2 Å². The molecule has 0 aliphatic carbocycles. The molecule has 0 bridgehead atoms. The molecule has 3 rings (SSSR count). The van der Waals surface area contributed by atoms with Crippen molar-refractivity contribution >= 4 is 34.8 Å². The lowest BCUT2D eigenvalue weighted by Crippen LogP contribution is -2.46. The molecule has 0 spiro atoms. The van der Waals surface area contributed by atoms with E-state index in [0.29, 0.717) is 23.3 Å². The quantitative estimate of drug-likeness (QED) is 0.853. The Morgan fingerprint density at radius 3 is 2.95 bits per heavy atom. The minimum atomic E-state index is -0.0654. The van der Waals surface area contributed by atoms with Gasteiger partial charge in [0.15, 0.2) is 0 Å². The minimum Gasteiger partial charge on any atom is -0.340 e. The third kappa shape index (κ3) is 3.28. The third-order valence-corrected chi connectivity index (χ3v) is 3.51. The number of benzene rings is 1. The van der Waals surface area contributed by atoms with Crippen molar-refractivity contribution in [1.29, 1.82) is 0 Å². The van der Waals surface area contributed by atoms with Crippen LogP contribution < -0.4 is 15.5 Å². The lowest BCUT2D eigenvalue weighted by atomic mass is 10.2. The molecule has 1 aromatic heterocycles. The van der Waals surface area contributed by atoms with Gasteiger partial charge < -0.3 is 10.6 Å². The summed E-state index contributed by atoms with van der Waals surface area (Å²) < 4.78 is 0. The fraction of sp³-hybridized carbons (Fsp3) is 0.267. The number of aryl methyl sites for hydroxylation is 1. The largest absolute Gasteiger partial charge is 0.340 e. The molecule has 6 nitrogen and oxygen atoms in total. The summed E-state index contributed by atoms with van der Waals surface area (Å²) in [4.78, 5) is 22.0. The first-order chi connectivity index (χ1) is 10.6. The van der Waals surface area contributed by atoms with Crippen LogP contribution in [-0.2, 0) is 0 Å². The molecule has 2 heterocycles. The molecule has 2 N–H and O–H groups in total. The van der Waals surface area contributed by atoms with Gasteiger partial charge in [-0.15, -0.1) is 0 Å². The second kappa shape index (κ2) is 6.19. The Kier molecular flexibility index (Phi) is 4.11. The summed E-state index contributed by atoms with van der Waals surface area (Å²) in [5.41, 5.74) is 1.68. The van der Waals surface area contributed by atoms with Crippen LogP contribution in [0.25, 0.3) is 0 Å². The van der Waals surface area contributed by atoms with Crippen LogP contribution >= 0.6 is 11.6 Å². The summed E-state index contributed by atoms with van der Waals surface area (Å²) in [6, 6.07) is 9.23. The Balaban J connectivity index is 1.83. The molecule has 1 aliphatic heterocycles. The van der Waals surface area contributed by atoms with Gasteiger partial charge >= 0.3 is 6.03 Å². The summed E-state index contributed by atoms with van der Waals surface area (Å²) in [5.74, 6) is 1.22. The minimum absolute atomic E-state index is 0.0654. The van der Waals surface area contributed by atoms with E-state index in [1.165, 1.54) is 0 Å². The lowest BCUT2D eigenvalue weighted by molar-refractivity contribution is 0.243. The van der Waals surface area contributed by atoms with Crippen molar-refractivity contribution in [2.75, 3.05) is 23.3 Å². The number of urea groups is 1. The van der Waals surface area contributed by atoms with E-state index < -0.39 is 0 Å². The van der Waals surface area contributed by atoms with Gasteiger partial charge in [0.05, 0.1) is 0 Å². The van der Waals surface area contributed by atoms with Crippen molar-refractivity contribution in [3.05, 3.63) is 41.3 Å². The second-order valence-electron chi connectivity index (χ2n) is 5.04. The van der Waals surface area contributed by atoms with Crippen LogP contribution in [0.4, 0.5) is 22.0 Å². The van der Waals surface area contributed by atoms with Crippen molar-refractivity contribution in [1.82, 2.24) is 15.3 Å². The molecule has 2 aromatic rings. The number of aromatic nitrogens is 2. The molecule has 0 unspecified atom stereocenters. The summed E-state index contributed by atoms with van der Waals surface area (Å²) in [5, 5.41) is 6.42. The van der Waals surface area contributed by atoms with Crippen molar-refractivity contribution in [2.24, 2.45) is 0 Å². The maximum atomic E-state index is 11.9. The number of halogens is 1. The molecule has 114 valence electrons. The lowest BCUT2D eigenvalue weighted by Gasteiger charge is -2.27. The number of rotatable bonds is 3. The maximum Gasteiger partial charge on any atom is 0.321 e. The average Bonchev–Trinajstić information content (AvgIpc) is 2.47. The van der Waals surface area contributed by atoms with Gasteiger partial charge in [0.1, 0.15) is 16.8 Å². The SMILES string of the molecule is Cc1nc(Cl)cc(Nc2cccc(N3CCCNC3=O)c2)n1. The molecule has 1 aliphatic rings. The number of anilines is 3. The monoisotopic (exact) mass is 317 g/mol. The van der Waals surface area contributed by atoms with Gasteiger partial charge in [0.2, 0.25) is 0 Å². The first-order valence-corrected chi connectivity index (χ1v) is 7.43. The average molecular weight is 318 g/mol. The normalized spacial score (nSPS) is 14.6. The molecular weight excluding hydrogens is 302 g/mol. The Labute approximate surface area is 133 Å². The molecule has 1 saturated heterocycles. The van der Waals surface area contributed by atoms with E-state index >= 15 is 0 Å². The Morgan fingerprint density at radius 1 is 1.32 bits per heavy atom. The maximum absolute atomic E-state index is 11.9. The molecule has 0 radical (unpaired) electrons. The van der Waals surface area contributed by atoms with E-state index in [0.717, 1.165) is 24.3 Å². The molecular formula is C15H16ClN5O. The molecule has 0 saturated carbocycles. The van der Waals surface area contributed by atoms with E-state index in [1.54, 1.807) is 17.9 Å². The summed E-state index contributed by atoms with van der Waals surface area (Å²) in [6.45, 7) is 3.23. The van der Waals surface area contributed by atoms with E-state index in [9.17, 15) is 4.79 Å². The number of hydrogen-bond acceptors (Lipinski definition) is 4. The number of carbonyl (C=O) groups is 1. The summed E-state index contributed by atoms with van der Waals surface area (Å²) in [7, 11) is 0. The highest BCUT2D eigenvalue weighted by Gasteiger charge is 2.19. The van der Waals surface area contributed by atoms with Crippen molar-refractivity contribution in [3.8, 4) is 0 Å². The van der Waals surface area contributed by atoms with Gasteiger partial charge in [0.25, 0.3) is 0 Å². The van der Waals surface area contributed by atoms with Crippen LogP contribution in [0, 0.1) is 6.92 Å². The smallest absolute Gasteiger partial charge is 0.321 e. The fourth-order valence-corrected chi connectivity index (χ4v) is 2.60. The predicted molar refractivity (Wildman–Crippen MR) is 86.9 cm³/mol. The number of carbonyl (C=O) groups excluding carboxylic acids is 1.